The highest BCUT2D eigenvalue weighted by molar-refractivity contribution is 7.89. The number of halogens is 1. The van der Waals surface area contributed by atoms with Crippen LogP contribution in [0.4, 0.5) is 0 Å². The number of morpholine rings is 1. The van der Waals surface area contributed by atoms with Crippen molar-refractivity contribution in [2.45, 2.75) is 5.03 Å². The third kappa shape index (κ3) is 3.64. The standard InChI is InChI=1S/C19H17ClN2O4S/c20-16-8-6-14(7-9-16)17-19(27(23,24)22-10-12-25-13-11-22)21-18(26-17)15-4-2-1-3-5-15/h1-9H,10-13H2. The topological polar surface area (TPSA) is 72.6 Å². The van der Waals surface area contributed by atoms with Crippen LogP contribution in [0.2, 0.25) is 5.02 Å². The molecule has 2 aromatic carbocycles. The Balaban J connectivity index is 1.86. The molecule has 1 aliphatic rings. The first-order valence-electron chi connectivity index (χ1n) is 8.46. The molecule has 6 nitrogen and oxygen atoms in total. The molecule has 1 aromatic heterocycles. The second-order valence-corrected chi connectivity index (χ2v) is 8.33. The third-order valence-electron chi connectivity index (χ3n) is 4.28. The van der Waals surface area contributed by atoms with Crippen LogP contribution in [-0.2, 0) is 14.8 Å². The number of aromatic nitrogens is 1. The predicted octanol–water partition coefficient (Wildman–Crippen LogP) is 3.68. The zero-order chi connectivity index (χ0) is 18.9. The fourth-order valence-electron chi connectivity index (χ4n) is 2.88. The van der Waals surface area contributed by atoms with Gasteiger partial charge in [-0.05, 0) is 36.4 Å². The molecule has 3 aromatic rings. The zero-order valence-electron chi connectivity index (χ0n) is 14.3. The van der Waals surface area contributed by atoms with E-state index in [0.29, 0.717) is 29.4 Å². The van der Waals surface area contributed by atoms with Crippen molar-refractivity contribution in [3.63, 3.8) is 0 Å². The summed E-state index contributed by atoms with van der Waals surface area (Å²) in [6.07, 6.45) is 0. The predicted molar refractivity (Wildman–Crippen MR) is 102 cm³/mol. The van der Waals surface area contributed by atoms with Crippen LogP contribution in [0.5, 0.6) is 0 Å². The molecule has 140 valence electrons. The molecule has 27 heavy (non-hydrogen) atoms. The first-order valence-corrected chi connectivity index (χ1v) is 10.3. The van der Waals surface area contributed by atoms with Gasteiger partial charge in [0, 0.05) is 29.2 Å². The first kappa shape index (κ1) is 18.2. The number of hydrogen-bond donors (Lipinski definition) is 0. The normalized spacial score (nSPS) is 15.7. The van der Waals surface area contributed by atoms with Gasteiger partial charge in [0.2, 0.25) is 10.9 Å². The number of oxazole rings is 1. The summed E-state index contributed by atoms with van der Waals surface area (Å²) in [7, 11) is -3.82. The van der Waals surface area contributed by atoms with Crippen LogP contribution in [0.15, 0.2) is 64.0 Å². The molecule has 0 N–H and O–H groups in total. The SMILES string of the molecule is O=S(=O)(c1nc(-c2ccccc2)oc1-c1ccc(Cl)cc1)N1CCOCC1. The van der Waals surface area contributed by atoms with Gasteiger partial charge in [0.1, 0.15) is 0 Å². The number of rotatable bonds is 4. The summed E-state index contributed by atoms with van der Waals surface area (Å²) in [5.74, 6) is 0.462. The number of hydrogen-bond acceptors (Lipinski definition) is 5. The Hall–Kier alpha value is -2.19. The lowest BCUT2D eigenvalue weighted by Gasteiger charge is -2.25. The maximum absolute atomic E-state index is 13.2. The van der Waals surface area contributed by atoms with Gasteiger partial charge in [-0.15, -0.1) is 0 Å². The van der Waals surface area contributed by atoms with E-state index in [-0.39, 0.29) is 29.8 Å². The number of sulfonamides is 1. The zero-order valence-corrected chi connectivity index (χ0v) is 15.9. The average Bonchev–Trinajstić information content (AvgIpc) is 3.16. The number of ether oxygens (including phenoxy) is 1. The van der Waals surface area contributed by atoms with Crippen molar-refractivity contribution in [1.82, 2.24) is 9.29 Å². The quantitative estimate of drug-likeness (QED) is 0.663. The Bertz CT molecular complexity index is 1030. The van der Waals surface area contributed by atoms with E-state index in [0.717, 1.165) is 0 Å². The van der Waals surface area contributed by atoms with Gasteiger partial charge < -0.3 is 9.15 Å². The lowest BCUT2D eigenvalue weighted by molar-refractivity contribution is 0.0729. The Morgan fingerprint density at radius 3 is 2.26 bits per heavy atom. The highest BCUT2D eigenvalue weighted by atomic mass is 35.5. The molecule has 2 heterocycles. The van der Waals surface area contributed by atoms with E-state index >= 15 is 0 Å². The molecule has 0 saturated carbocycles. The smallest absolute Gasteiger partial charge is 0.264 e. The lowest BCUT2D eigenvalue weighted by atomic mass is 10.2. The minimum absolute atomic E-state index is 0.0921. The summed E-state index contributed by atoms with van der Waals surface area (Å²) in [6, 6.07) is 16.0. The molecule has 4 rings (SSSR count). The van der Waals surface area contributed by atoms with Crippen LogP contribution in [0, 0.1) is 0 Å². The maximum atomic E-state index is 13.2. The van der Waals surface area contributed by atoms with Crippen molar-refractivity contribution in [2.75, 3.05) is 26.3 Å². The largest absolute Gasteiger partial charge is 0.435 e. The first-order chi connectivity index (χ1) is 13.1. The molecule has 0 unspecified atom stereocenters. The summed E-state index contributed by atoms with van der Waals surface area (Å²) in [6.45, 7) is 1.30. The van der Waals surface area contributed by atoms with E-state index in [1.54, 1.807) is 24.3 Å². The summed E-state index contributed by atoms with van der Waals surface area (Å²) in [5.41, 5.74) is 1.30. The van der Waals surface area contributed by atoms with Gasteiger partial charge in [-0.25, -0.2) is 8.42 Å². The number of nitrogens with zero attached hydrogens (tertiary/aromatic N) is 2. The van der Waals surface area contributed by atoms with Gasteiger partial charge in [0.05, 0.1) is 13.2 Å². The van der Waals surface area contributed by atoms with Crippen molar-refractivity contribution in [2.24, 2.45) is 0 Å². The van der Waals surface area contributed by atoms with E-state index in [1.807, 2.05) is 30.3 Å². The summed E-state index contributed by atoms with van der Waals surface area (Å²) in [5, 5.41) is 0.463. The highest BCUT2D eigenvalue weighted by Gasteiger charge is 2.33. The minimum atomic E-state index is -3.82. The Morgan fingerprint density at radius 1 is 0.926 bits per heavy atom. The molecular weight excluding hydrogens is 388 g/mol. The molecule has 1 saturated heterocycles. The molecule has 0 spiro atoms. The van der Waals surface area contributed by atoms with Gasteiger partial charge in [0.25, 0.3) is 10.0 Å². The summed E-state index contributed by atoms with van der Waals surface area (Å²) < 4.78 is 39.0. The van der Waals surface area contributed by atoms with E-state index in [1.165, 1.54) is 4.31 Å². The molecule has 1 aliphatic heterocycles. The van der Waals surface area contributed by atoms with Crippen molar-refractivity contribution >= 4 is 21.6 Å². The summed E-state index contributed by atoms with van der Waals surface area (Å²) >= 11 is 5.97. The second kappa shape index (κ2) is 7.44. The van der Waals surface area contributed by atoms with Crippen molar-refractivity contribution in [3.8, 4) is 22.8 Å². The molecule has 0 aliphatic carbocycles. The monoisotopic (exact) mass is 404 g/mol. The van der Waals surface area contributed by atoms with Gasteiger partial charge in [-0.1, -0.05) is 29.8 Å². The molecule has 0 atom stereocenters. The molecule has 1 fully saturated rings. The Morgan fingerprint density at radius 2 is 1.59 bits per heavy atom. The van der Waals surface area contributed by atoms with Crippen molar-refractivity contribution in [1.29, 1.82) is 0 Å². The van der Waals surface area contributed by atoms with E-state index < -0.39 is 10.0 Å². The Kier molecular flexibility index (Phi) is 5.01. The van der Waals surface area contributed by atoms with Crippen molar-refractivity contribution < 1.29 is 17.6 Å². The average molecular weight is 405 g/mol. The van der Waals surface area contributed by atoms with Crippen LogP contribution in [0.1, 0.15) is 0 Å². The van der Waals surface area contributed by atoms with Crippen molar-refractivity contribution in [3.05, 3.63) is 59.6 Å². The van der Waals surface area contributed by atoms with Gasteiger partial charge in [-0.2, -0.15) is 9.29 Å². The van der Waals surface area contributed by atoms with Crippen LogP contribution in [0.25, 0.3) is 22.8 Å². The van der Waals surface area contributed by atoms with Gasteiger partial charge in [0.15, 0.2) is 5.76 Å². The summed E-state index contributed by atoms with van der Waals surface area (Å²) in [4.78, 5) is 4.36. The minimum Gasteiger partial charge on any atom is -0.435 e. The third-order valence-corrected chi connectivity index (χ3v) is 6.34. The van der Waals surface area contributed by atoms with E-state index in [9.17, 15) is 8.42 Å². The number of benzene rings is 2. The molecule has 0 bridgehead atoms. The maximum Gasteiger partial charge on any atom is 0.264 e. The van der Waals surface area contributed by atoms with E-state index in [2.05, 4.69) is 4.98 Å². The molecular formula is C19H17ClN2O4S. The van der Waals surface area contributed by atoms with Crippen LogP contribution >= 0.6 is 11.6 Å². The second-order valence-electron chi connectivity index (χ2n) is 6.04. The molecule has 8 heteroatoms. The highest BCUT2D eigenvalue weighted by Crippen LogP contribution is 2.34. The fourth-order valence-corrected chi connectivity index (χ4v) is 4.47. The lowest BCUT2D eigenvalue weighted by Crippen LogP contribution is -2.40. The fraction of sp³-hybridized carbons (Fsp3) is 0.211. The van der Waals surface area contributed by atoms with E-state index in [4.69, 9.17) is 20.8 Å². The van der Waals surface area contributed by atoms with Gasteiger partial charge in [-0.3, -0.25) is 0 Å². The molecule has 0 radical (unpaired) electrons. The molecule has 0 amide bonds. The van der Waals surface area contributed by atoms with Gasteiger partial charge >= 0.3 is 0 Å². The Labute approximate surface area is 162 Å². The van der Waals surface area contributed by atoms with Crippen LogP contribution in [-0.4, -0.2) is 44.0 Å². The van der Waals surface area contributed by atoms with Crippen LogP contribution < -0.4 is 0 Å². The van der Waals surface area contributed by atoms with Crippen LogP contribution in [0.3, 0.4) is 0 Å².